The molecular weight excluding hydrogens is 263 g/mol. The van der Waals surface area contributed by atoms with Gasteiger partial charge in [-0.3, -0.25) is 0 Å². The molecule has 1 heterocycles. The molecule has 1 aliphatic heterocycles. The molecule has 4 nitrogen and oxygen atoms in total. The smallest absolute Gasteiger partial charge is 0.422 e. The van der Waals surface area contributed by atoms with Crippen LogP contribution < -0.4 is 0 Å². The Morgan fingerprint density at radius 2 is 2.00 bits per heavy atom. The van der Waals surface area contributed by atoms with Gasteiger partial charge >= 0.3 is 12.3 Å². The van der Waals surface area contributed by atoms with Crippen molar-refractivity contribution in [2.45, 2.75) is 39.0 Å². The molecule has 0 bridgehead atoms. The number of carbonyl (C=O) groups excluding carboxylic acids is 1. The van der Waals surface area contributed by atoms with E-state index < -0.39 is 24.5 Å². The Kier molecular flexibility index (Phi) is 4.70. The third-order valence-electron chi connectivity index (χ3n) is 2.24. The summed E-state index contributed by atoms with van der Waals surface area (Å²) in [5.74, 6) is 0.261. The normalized spacial score (nSPS) is 16.9. The van der Waals surface area contributed by atoms with Crippen molar-refractivity contribution in [2.75, 3.05) is 19.7 Å². The van der Waals surface area contributed by atoms with Gasteiger partial charge in [-0.05, 0) is 26.8 Å². The molecule has 1 amide bonds. The fourth-order valence-electron chi connectivity index (χ4n) is 1.45. The van der Waals surface area contributed by atoms with Gasteiger partial charge in [0.1, 0.15) is 5.60 Å². The molecule has 0 aliphatic carbocycles. The van der Waals surface area contributed by atoms with Crippen molar-refractivity contribution in [3.8, 4) is 0 Å². The first kappa shape index (κ1) is 15.7. The first-order valence-electron chi connectivity index (χ1n) is 5.93. The average molecular weight is 281 g/mol. The molecule has 0 saturated heterocycles. The second kappa shape index (κ2) is 5.71. The predicted octanol–water partition coefficient (Wildman–Crippen LogP) is 3.09. The van der Waals surface area contributed by atoms with Crippen molar-refractivity contribution in [3.63, 3.8) is 0 Å². The largest absolute Gasteiger partial charge is 0.489 e. The highest BCUT2D eigenvalue weighted by atomic mass is 19.4. The number of hydrogen-bond acceptors (Lipinski definition) is 3. The van der Waals surface area contributed by atoms with E-state index in [-0.39, 0.29) is 18.7 Å². The van der Waals surface area contributed by atoms with Gasteiger partial charge < -0.3 is 14.4 Å². The second-order valence-corrected chi connectivity index (χ2v) is 5.25. The van der Waals surface area contributed by atoms with Crippen molar-refractivity contribution in [2.24, 2.45) is 0 Å². The van der Waals surface area contributed by atoms with E-state index in [1.165, 1.54) is 11.0 Å². The van der Waals surface area contributed by atoms with Crippen LogP contribution in [0, 0.1) is 0 Å². The van der Waals surface area contributed by atoms with Crippen molar-refractivity contribution in [1.29, 1.82) is 0 Å². The molecule has 7 heteroatoms. The van der Waals surface area contributed by atoms with Gasteiger partial charge in [-0.2, -0.15) is 13.2 Å². The molecule has 110 valence electrons. The van der Waals surface area contributed by atoms with Crippen LogP contribution in [0.5, 0.6) is 0 Å². The number of carbonyl (C=O) groups is 1. The third-order valence-corrected chi connectivity index (χ3v) is 2.24. The van der Waals surface area contributed by atoms with E-state index in [4.69, 9.17) is 4.74 Å². The zero-order chi connectivity index (χ0) is 14.7. The molecule has 0 saturated carbocycles. The highest BCUT2D eigenvalue weighted by Gasteiger charge is 2.30. The van der Waals surface area contributed by atoms with Crippen LogP contribution in [0.25, 0.3) is 0 Å². The lowest BCUT2D eigenvalue weighted by Gasteiger charge is -2.29. The monoisotopic (exact) mass is 281 g/mol. The summed E-state index contributed by atoms with van der Waals surface area (Å²) >= 11 is 0. The zero-order valence-corrected chi connectivity index (χ0v) is 11.2. The Balaban J connectivity index is 2.43. The highest BCUT2D eigenvalue weighted by molar-refractivity contribution is 5.68. The minimum Gasteiger partial charge on any atom is -0.489 e. The minimum atomic E-state index is -4.34. The molecule has 1 rings (SSSR count). The number of amides is 1. The average Bonchev–Trinajstić information content (AvgIpc) is 2.23. The van der Waals surface area contributed by atoms with Crippen LogP contribution in [-0.2, 0) is 9.47 Å². The van der Waals surface area contributed by atoms with Gasteiger partial charge in [-0.15, -0.1) is 0 Å². The third kappa shape index (κ3) is 6.35. The summed E-state index contributed by atoms with van der Waals surface area (Å²) in [6.45, 7) is 4.44. The maximum Gasteiger partial charge on any atom is 0.422 e. The van der Waals surface area contributed by atoms with Gasteiger partial charge in [0.05, 0.1) is 5.76 Å². The van der Waals surface area contributed by atoms with Gasteiger partial charge in [0, 0.05) is 19.5 Å². The number of nitrogens with zero attached hydrogens (tertiary/aromatic N) is 1. The summed E-state index contributed by atoms with van der Waals surface area (Å²) < 4.78 is 45.7. The van der Waals surface area contributed by atoms with E-state index in [1.54, 1.807) is 20.8 Å². The van der Waals surface area contributed by atoms with Crippen LogP contribution >= 0.6 is 0 Å². The van der Waals surface area contributed by atoms with E-state index in [0.717, 1.165) is 0 Å². The number of hydrogen-bond donors (Lipinski definition) is 0. The molecule has 0 fully saturated rings. The van der Waals surface area contributed by atoms with Gasteiger partial charge in [0.15, 0.2) is 6.61 Å². The Morgan fingerprint density at radius 3 is 2.42 bits per heavy atom. The second-order valence-electron chi connectivity index (χ2n) is 5.25. The quantitative estimate of drug-likeness (QED) is 0.780. The van der Waals surface area contributed by atoms with Crippen LogP contribution in [0.2, 0.25) is 0 Å². The first-order valence-corrected chi connectivity index (χ1v) is 5.93. The Bertz CT molecular complexity index is 358. The van der Waals surface area contributed by atoms with Crippen molar-refractivity contribution in [3.05, 3.63) is 11.8 Å². The molecule has 0 N–H and O–H groups in total. The highest BCUT2D eigenvalue weighted by Crippen LogP contribution is 2.20. The van der Waals surface area contributed by atoms with E-state index in [2.05, 4.69) is 4.74 Å². The van der Waals surface area contributed by atoms with Gasteiger partial charge in [0.25, 0.3) is 0 Å². The first-order chi connectivity index (χ1) is 8.57. The molecule has 0 aromatic heterocycles. The van der Waals surface area contributed by atoms with Gasteiger partial charge in [-0.25, -0.2) is 4.79 Å². The summed E-state index contributed by atoms with van der Waals surface area (Å²) in [4.78, 5) is 13.1. The van der Waals surface area contributed by atoms with Crippen molar-refractivity contribution >= 4 is 6.09 Å². The molecule has 0 atom stereocenters. The standard InChI is InChI=1S/C12H18F3NO3/c1-11(2,3)19-10(17)16-6-4-9(5-7-16)18-8-12(13,14)15/h4H,5-8H2,1-3H3. The molecule has 0 radical (unpaired) electrons. The molecule has 0 unspecified atom stereocenters. The maximum atomic E-state index is 12.0. The van der Waals surface area contributed by atoms with Crippen molar-refractivity contribution in [1.82, 2.24) is 4.90 Å². The molecule has 1 aliphatic rings. The lowest BCUT2D eigenvalue weighted by Crippen LogP contribution is -2.39. The number of alkyl halides is 3. The van der Waals surface area contributed by atoms with E-state index in [1.807, 2.05) is 0 Å². The summed E-state index contributed by atoms with van der Waals surface area (Å²) in [6, 6.07) is 0. The topological polar surface area (TPSA) is 38.8 Å². The number of ether oxygens (including phenoxy) is 2. The fraction of sp³-hybridized carbons (Fsp3) is 0.750. The lowest BCUT2D eigenvalue weighted by molar-refractivity contribution is -0.165. The van der Waals surface area contributed by atoms with Crippen LogP contribution in [0.15, 0.2) is 11.8 Å². The Labute approximate surface area is 110 Å². The number of rotatable bonds is 2. The van der Waals surface area contributed by atoms with E-state index in [9.17, 15) is 18.0 Å². The summed E-state index contributed by atoms with van der Waals surface area (Å²) in [5, 5.41) is 0. The summed E-state index contributed by atoms with van der Waals surface area (Å²) in [6.07, 6.45) is -3.09. The Morgan fingerprint density at radius 1 is 1.37 bits per heavy atom. The van der Waals surface area contributed by atoms with Gasteiger partial charge in [-0.1, -0.05) is 0 Å². The molecule has 0 aromatic rings. The summed E-state index contributed by atoms with van der Waals surface area (Å²) in [5.41, 5.74) is -0.589. The SMILES string of the molecule is CC(C)(C)OC(=O)N1CC=C(OCC(F)(F)F)CC1. The van der Waals surface area contributed by atoms with Gasteiger partial charge in [0.2, 0.25) is 0 Å². The zero-order valence-electron chi connectivity index (χ0n) is 11.2. The van der Waals surface area contributed by atoms with E-state index in [0.29, 0.717) is 6.54 Å². The van der Waals surface area contributed by atoms with Crippen LogP contribution in [0.1, 0.15) is 27.2 Å². The molecule has 19 heavy (non-hydrogen) atoms. The van der Waals surface area contributed by atoms with Crippen LogP contribution in [-0.4, -0.2) is 42.5 Å². The molecule has 0 aromatic carbocycles. The van der Waals surface area contributed by atoms with Crippen LogP contribution in [0.4, 0.5) is 18.0 Å². The molecule has 0 spiro atoms. The lowest BCUT2D eigenvalue weighted by atomic mass is 10.2. The van der Waals surface area contributed by atoms with Crippen LogP contribution in [0.3, 0.4) is 0 Å². The molecular formula is C12H18F3NO3. The summed E-state index contributed by atoms with van der Waals surface area (Å²) in [7, 11) is 0. The van der Waals surface area contributed by atoms with E-state index >= 15 is 0 Å². The maximum absolute atomic E-state index is 12.0. The predicted molar refractivity (Wildman–Crippen MR) is 62.5 cm³/mol. The minimum absolute atomic E-state index is 0.197. The van der Waals surface area contributed by atoms with Crippen molar-refractivity contribution < 1.29 is 27.4 Å². The fourth-order valence-corrected chi connectivity index (χ4v) is 1.45. The number of halogens is 3. The Hall–Kier alpha value is -1.40.